The van der Waals surface area contributed by atoms with Gasteiger partial charge >= 0.3 is 0 Å². The van der Waals surface area contributed by atoms with Crippen molar-refractivity contribution in [3.8, 4) is 0 Å². The van der Waals surface area contributed by atoms with Crippen molar-refractivity contribution in [2.45, 2.75) is 37.6 Å². The van der Waals surface area contributed by atoms with Gasteiger partial charge in [0.2, 0.25) is 11.8 Å². The summed E-state index contributed by atoms with van der Waals surface area (Å²) in [6, 6.07) is 5.79. The number of benzene rings is 1. The van der Waals surface area contributed by atoms with Crippen molar-refractivity contribution < 1.29 is 14.0 Å². The Morgan fingerprint density at radius 2 is 2.00 bits per heavy atom. The van der Waals surface area contributed by atoms with Gasteiger partial charge < -0.3 is 10.2 Å². The van der Waals surface area contributed by atoms with E-state index in [0.29, 0.717) is 18.7 Å². The predicted octanol–water partition coefficient (Wildman–Crippen LogP) is 3.22. The first-order chi connectivity index (χ1) is 12.6. The van der Waals surface area contributed by atoms with E-state index >= 15 is 0 Å². The highest BCUT2D eigenvalue weighted by Crippen LogP contribution is 2.40. The van der Waals surface area contributed by atoms with Crippen LogP contribution in [-0.2, 0) is 15.1 Å². The Morgan fingerprint density at radius 1 is 1.27 bits per heavy atom. The van der Waals surface area contributed by atoms with E-state index in [9.17, 15) is 14.0 Å². The van der Waals surface area contributed by atoms with Crippen LogP contribution in [-0.4, -0.2) is 23.3 Å². The number of amides is 2. The molecule has 1 aromatic carbocycles. The van der Waals surface area contributed by atoms with Crippen molar-refractivity contribution in [2.24, 2.45) is 5.92 Å². The number of aromatic nitrogens is 1. The minimum atomic E-state index is -0.697. The largest absolute Gasteiger partial charge is 0.343 e. The van der Waals surface area contributed by atoms with E-state index in [2.05, 4.69) is 10.3 Å². The van der Waals surface area contributed by atoms with Gasteiger partial charge in [0, 0.05) is 23.8 Å². The zero-order chi connectivity index (χ0) is 18.1. The standard InChI is InChI=1S/C19H20FN3O2S/c20-13-3-5-14(6-4-13)23-11-7-15(17(23)25)16(24)22-19(8-1-2-9-19)18-21-10-12-26-18/h3-6,10,12,15H,1-2,7-9,11H2,(H,22,24)/t15-/m0/s1. The molecular weight excluding hydrogens is 353 g/mol. The summed E-state index contributed by atoms with van der Waals surface area (Å²) >= 11 is 1.55. The van der Waals surface area contributed by atoms with Crippen LogP contribution in [0.3, 0.4) is 0 Å². The summed E-state index contributed by atoms with van der Waals surface area (Å²) in [6.45, 7) is 0.465. The van der Waals surface area contributed by atoms with Crippen LogP contribution in [0.25, 0.3) is 0 Å². The highest BCUT2D eigenvalue weighted by atomic mass is 32.1. The fourth-order valence-corrected chi connectivity index (χ4v) is 4.81. The summed E-state index contributed by atoms with van der Waals surface area (Å²) in [5.41, 5.74) is 0.191. The molecule has 0 unspecified atom stereocenters. The fourth-order valence-electron chi connectivity index (χ4n) is 3.95. The molecule has 2 amide bonds. The fraction of sp³-hybridized carbons (Fsp3) is 0.421. The van der Waals surface area contributed by atoms with E-state index in [1.54, 1.807) is 34.6 Å². The first-order valence-corrected chi connectivity index (χ1v) is 9.76. The van der Waals surface area contributed by atoms with Gasteiger partial charge in [-0.2, -0.15) is 0 Å². The Morgan fingerprint density at radius 3 is 2.65 bits per heavy atom. The van der Waals surface area contributed by atoms with Gasteiger partial charge in [0.05, 0.1) is 5.54 Å². The van der Waals surface area contributed by atoms with Crippen LogP contribution in [0.4, 0.5) is 10.1 Å². The quantitative estimate of drug-likeness (QED) is 0.837. The van der Waals surface area contributed by atoms with E-state index in [1.165, 1.54) is 12.1 Å². The van der Waals surface area contributed by atoms with E-state index in [1.807, 2.05) is 5.38 Å². The van der Waals surface area contributed by atoms with Crippen LogP contribution in [0.2, 0.25) is 0 Å². The van der Waals surface area contributed by atoms with Crippen LogP contribution < -0.4 is 10.2 Å². The third-order valence-electron chi connectivity index (χ3n) is 5.32. The normalized spacial score (nSPS) is 22.0. The maximum atomic E-state index is 13.1. The highest BCUT2D eigenvalue weighted by Gasteiger charge is 2.44. The van der Waals surface area contributed by atoms with Gasteiger partial charge in [-0.05, 0) is 43.5 Å². The molecule has 0 radical (unpaired) electrons. The predicted molar refractivity (Wildman–Crippen MR) is 97.3 cm³/mol. The van der Waals surface area contributed by atoms with Crippen LogP contribution in [0, 0.1) is 11.7 Å². The monoisotopic (exact) mass is 373 g/mol. The topological polar surface area (TPSA) is 62.3 Å². The molecule has 136 valence electrons. The molecule has 1 saturated carbocycles. The Labute approximate surface area is 155 Å². The maximum Gasteiger partial charge on any atom is 0.239 e. The number of rotatable bonds is 4. The molecule has 26 heavy (non-hydrogen) atoms. The lowest BCUT2D eigenvalue weighted by Gasteiger charge is -2.29. The summed E-state index contributed by atoms with van der Waals surface area (Å²) in [5, 5.41) is 5.99. The molecule has 2 heterocycles. The van der Waals surface area contributed by atoms with Crippen molar-refractivity contribution in [1.29, 1.82) is 0 Å². The number of nitrogens with zero attached hydrogens (tertiary/aromatic N) is 2. The van der Waals surface area contributed by atoms with Crippen LogP contribution in [0.1, 0.15) is 37.1 Å². The zero-order valence-electron chi connectivity index (χ0n) is 14.3. The first-order valence-electron chi connectivity index (χ1n) is 8.88. The van der Waals surface area contributed by atoms with Gasteiger partial charge in [0.15, 0.2) is 0 Å². The second-order valence-electron chi connectivity index (χ2n) is 6.92. The molecule has 2 aliphatic rings. The van der Waals surface area contributed by atoms with Crippen molar-refractivity contribution in [3.05, 3.63) is 46.7 Å². The Balaban J connectivity index is 1.50. The van der Waals surface area contributed by atoms with E-state index < -0.39 is 11.5 Å². The molecule has 1 atom stereocenters. The van der Waals surface area contributed by atoms with Crippen molar-refractivity contribution in [3.63, 3.8) is 0 Å². The number of carbonyl (C=O) groups excluding carboxylic acids is 2. The summed E-state index contributed by atoms with van der Waals surface area (Å²) in [6.07, 6.45) is 6.02. The van der Waals surface area contributed by atoms with E-state index in [0.717, 1.165) is 30.7 Å². The number of hydrogen-bond acceptors (Lipinski definition) is 4. The Bertz CT molecular complexity index is 801. The lowest BCUT2D eigenvalue weighted by Crippen LogP contribution is -2.48. The molecular formula is C19H20FN3O2S. The molecule has 5 nitrogen and oxygen atoms in total. The number of anilines is 1. The summed E-state index contributed by atoms with van der Waals surface area (Å²) < 4.78 is 13.1. The van der Waals surface area contributed by atoms with Gasteiger partial charge in [0.25, 0.3) is 0 Å². The van der Waals surface area contributed by atoms with Gasteiger partial charge in [-0.3, -0.25) is 9.59 Å². The zero-order valence-corrected chi connectivity index (χ0v) is 15.1. The first kappa shape index (κ1) is 17.1. The molecule has 0 spiro atoms. The van der Waals surface area contributed by atoms with E-state index in [-0.39, 0.29) is 17.6 Å². The molecule has 1 aliphatic heterocycles. The SMILES string of the molecule is O=C(NC1(c2nccs2)CCCC1)[C@@H]1CCN(c2ccc(F)cc2)C1=O. The number of carbonyl (C=O) groups is 2. The maximum absolute atomic E-state index is 13.1. The molecule has 2 fully saturated rings. The second kappa shape index (κ2) is 6.79. The highest BCUT2D eigenvalue weighted by molar-refractivity contribution is 7.09. The Hall–Kier alpha value is -2.28. The van der Waals surface area contributed by atoms with E-state index in [4.69, 9.17) is 0 Å². The van der Waals surface area contributed by atoms with Crippen LogP contribution in [0.15, 0.2) is 35.8 Å². The molecule has 1 aromatic heterocycles. The van der Waals surface area contributed by atoms with Crippen LogP contribution >= 0.6 is 11.3 Å². The number of halogens is 1. The molecule has 1 aliphatic carbocycles. The van der Waals surface area contributed by atoms with Crippen molar-refractivity contribution in [2.75, 3.05) is 11.4 Å². The molecule has 2 aromatic rings. The molecule has 1 saturated heterocycles. The average molecular weight is 373 g/mol. The molecule has 7 heteroatoms. The van der Waals surface area contributed by atoms with Gasteiger partial charge in [-0.15, -0.1) is 11.3 Å². The van der Waals surface area contributed by atoms with Gasteiger partial charge in [-0.25, -0.2) is 9.37 Å². The average Bonchev–Trinajstić information content (AvgIpc) is 3.36. The van der Waals surface area contributed by atoms with Gasteiger partial charge in [-0.1, -0.05) is 12.8 Å². The lowest BCUT2D eigenvalue weighted by molar-refractivity contribution is -0.133. The number of hydrogen-bond donors (Lipinski definition) is 1. The molecule has 0 bridgehead atoms. The van der Waals surface area contributed by atoms with Crippen molar-refractivity contribution >= 4 is 28.8 Å². The van der Waals surface area contributed by atoms with Crippen LogP contribution in [0.5, 0.6) is 0 Å². The Kier molecular flexibility index (Phi) is 4.48. The number of thiazole rings is 1. The summed E-state index contributed by atoms with van der Waals surface area (Å²) in [4.78, 5) is 31.6. The van der Waals surface area contributed by atoms with Crippen molar-refractivity contribution in [1.82, 2.24) is 10.3 Å². The minimum Gasteiger partial charge on any atom is -0.343 e. The third kappa shape index (κ3) is 3.00. The summed E-state index contributed by atoms with van der Waals surface area (Å²) in [7, 11) is 0. The minimum absolute atomic E-state index is 0.221. The second-order valence-corrected chi connectivity index (χ2v) is 7.82. The van der Waals surface area contributed by atoms with Gasteiger partial charge in [0.1, 0.15) is 16.7 Å². The lowest BCUT2D eigenvalue weighted by atomic mass is 9.96. The smallest absolute Gasteiger partial charge is 0.239 e. The number of nitrogens with one attached hydrogen (secondary N) is 1. The molecule has 1 N–H and O–H groups in total. The third-order valence-corrected chi connectivity index (χ3v) is 6.30. The molecule has 4 rings (SSSR count). The summed E-state index contributed by atoms with van der Waals surface area (Å²) in [5.74, 6) is -1.49.